The fourth-order valence-corrected chi connectivity index (χ4v) is 3.23. The molecule has 0 radical (unpaired) electrons. The highest BCUT2D eigenvalue weighted by atomic mass is 32.1. The van der Waals surface area contributed by atoms with E-state index in [2.05, 4.69) is 25.9 Å². The topological polar surface area (TPSA) is 84.7 Å². The molecule has 3 aromatic rings. The molecule has 0 bridgehead atoms. The van der Waals surface area contributed by atoms with Crippen LogP contribution >= 0.6 is 11.3 Å². The molecule has 1 saturated carbocycles. The molecule has 1 fully saturated rings. The molecule has 0 saturated heterocycles. The van der Waals surface area contributed by atoms with Crippen molar-refractivity contribution in [3.8, 4) is 0 Å². The van der Waals surface area contributed by atoms with E-state index in [9.17, 15) is 4.79 Å². The van der Waals surface area contributed by atoms with Crippen molar-refractivity contribution in [3.63, 3.8) is 0 Å². The number of nitrogens with one attached hydrogen (secondary N) is 2. The summed E-state index contributed by atoms with van der Waals surface area (Å²) in [5.74, 6) is 0.539. The monoisotopic (exact) mass is 340 g/mol. The molecule has 0 spiro atoms. The van der Waals surface area contributed by atoms with Gasteiger partial charge < -0.3 is 5.32 Å². The Kier molecular flexibility index (Phi) is 3.96. The lowest BCUT2D eigenvalue weighted by Crippen LogP contribution is -2.19. The average Bonchev–Trinajstić information content (AvgIpc) is 3.18. The summed E-state index contributed by atoms with van der Waals surface area (Å²) in [6.45, 7) is 0.658. The zero-order valence-corrected chi connectivity index (χ0v) is 13.7. The van der Waals surface area contributed by atoms with Gasteiger partial charge in [0.25, 0.3) is 0 Å². The van der Waals surface area contributed by atoms with Gasteiger partial charge in [0.15, 0.2) is 0 Å². The number of aromatic nitrogens is 4. The summed E-state index contributed by atoms with van der Waals surface area (Å²) in [5, 5.41) is 19.3. The summed E-state index contributed by atoms with van der Waals surface area (Å²) in [6, 6.07) is 9.69. The van der Waals surface area contributed by atoms with Crippen LogP contribution < -0.4 is 10.6 Å². The molecule has 0 atom stereocenters. The fourth-order valence-electron chi connectivity index (χ4n) is 2.32. The first-order valence-electron chi connectivity index (χ1n) is 7.74. The van der Waals surface area contributed by atoms with E-state index in [0.29, 0.717) is 23.3 Å². The number of hydrogen-bond donors (Lipinski definition) is 2. The first kappa shape index (κ1) is 14.8. The molecule has 1 aromatic carbocycles. The normalized spacial score (nSPS) is 13.7. The molecule has 122 valence electrons. The van der Waals surface area contributed by atoms with E-state index in [0.717, 1.165) is 10.6 Å². The van der Waals surface area contributed by atoms with Crippen molar-refractivity contribution in [2.45, 2.75) is 25.3 Å². The van der Waals surface area contributed by atoms with Gasteiger partial charge in [-0.05, 0) is 18.4 Å². The lowest BCUT2D eigenvalue weighted by atomic mass is 10.2. The number of carbonyl (C=O) groups excluding carboxylic acids is 1. The maximum absolute atomic E-state index is 12.0. The van der Waals surface area contributed by atoms with Crippen molar-refractivity contribution >= 4 is 28.2 Å². The number of urea groups is 1. The molecule has 8 heteroatoms. The van der Waals surface area contributed by atoms with Crippen molar-refractivity contribution in [2.24, 2.45) is 0 Å². The third kappa shape index (κ3) is 3.60. The van der Waals surface area contributed by atoms with E-state index >= 15 is 0 Å². The molecule has 1 aliphatic carbocycles. The highest BCUT2D eigenvalue weighted by Gasteiger charge is 2.27. The first-order chi connectivity index (χ1) is 11.8. The Morgan fingerprint density at radius 1 is 1.21 bits per heavy atom. The van der Waals surface area contributed by atoms with Gasteiger partial charge in [-0.3, -0.25) is 10.00 Å². The third-order valence-corrected chi connectivity index (χ3v) is 4.67. The second-order valence-electron chi connectivity index (χ2n) is 5.71. The second-order valence-corrected chi connectivity index (χ2v) is 6.72. The Morgan fingerprint density at radius 3 is 2.83 bits per heavy atom. The van der Waals surface area contributed by atoms with E-state index in [-0.39, 0.29) is 6.03 Å². The Balaban J connectivity index is 1.33. The predicted molar refractivity (Wildman–Crippen MR) is 92.3 cm³/mol. The molecule has 0 unspecified atom stereocenters. The molecule has 4 rings (SSSR count). The average molecular weight is 340 g/mol. The molecule has 24 heavy (non-hydrogen) atoms. The molecular weight excluding hydrogens is 324 g/mol. The molecule has 0 aliphatic heterocycles. The van der Waals surface area contributed by atoms with Gasteiger partial charge in [-0.2, -0.15) is 5.10 Å². The summed E-state index contributed by atoms with van der Waals surface area (Å²) in [6.07, 6.45) is 5.75. The molecule has 2 aromatic heterocycles. The molecule has 2 heterocycles. The van der Waals surface area contributed by atoms with Crippen LogP contribution in [0.3, 0.4) is 0 Å². The first-order valence-corrected chi connectivity index (χ1v) is 8.56. The maximum atomic E-state index is 12.0. The smallest absolute Gasteiger partial charge is 0.305 e. The lowest BCUT2D eigenvalue weighted by Gasteiger charge is -2.02. The number of carbonyl (C=O) groups is 1. The van der Waals surface area contributed by atoms with Gasteiger partial charge in [0.2, 0.25) is 5.13 Å². The van der Waals surface area contributed by atoms with Crippen LogP contribution in [0.1, 0.15) is 29.3 Å². The van der Waals surface area contributed by atoms with Gasteiger partial charge in [0.1, 0.15) is 5.01 Å². The zero-order chi connectivity index (χ0) is 16.4. The SMILES string of the molecule is O=C(Nc1cnn(Cc2ccccc2)c1)Nc1nnc(C2CC2)s1. The van der Waals surface area contributed by atoms with Crippen molar-refractivity contribution < 1.29 is 4.79 Å². The predicted octanol–water partition coefficient (Wildman–Crippen LogP) is 3.30. The molecule has 2 amide bonds. The Labute approximate surface area is 142 Å². The zero-order valence-electron chi connectivity index (χ0n) is 12.8. The molecular formula is C16H16N6OS. The number of benzene rings is 1. The third-order valence-electron chi connectivity index (χ3n) is 3.67. The number of amides is 2. The van der Waals surface area contributed by atoms with Gasteiger partial charge in [-0.15, -0.1) is 10.2 Å². The minimum atomic E-state index is -0.340. The van der Waals surface area contributed by atoms with Crippen LogP contribution in [-0.4, -0.2) is 26.0 Å². The van der Waals surface area contributed by atoms with Crippen molar-refractivity contribution in [3.05, 3.63) is 53.3 Å². The van der Waals surface area contributed by atoms with Gasteiger partial charge in [-0.1, -0.05) is 41.7 Å². The number of hydrogen-bond acceptors (Lipinski definition) is 5. The minimum absolute atomic E-state index is 0.340. The van der Waals surface area contributed by atoms with E-state index in [1.165, 1.54) is 24.2 Å². The second kappa shape index (κ2) is 6.40. The number of rotatable bonds is 5. The highest BCUT2D eigenvalue weighted by Crippen LogP contribution is 2.42. The van der Waals surface area contributed by atoms with E-state index in [4.69, 9.17) is 0 Å². The van der Waals surface area contributed by atoms with Gasteiger partial charge in [0, 0.05) is 12.1 Å². The quantitative estimate of drug-likeness (QED) is 0.746. The van der Waals surface area contributed by atoms with Gasteiger partial charge in [-0.25, -0.2) is 4.79 Å². The Hall–Kier alpha value is -2.74. The summed E-state index contributed by atoms with van der Waals surface area (Å²) >= 11 is 1.43. The van der Waals surface area contributed by atoms with E-state index in [1.807, 2.05) is 30.3 Å². The van der Waals surface area contributed by atoms with E-state index < -0.39 is 0 Å². The van der Waals surface area contributed by atoms with Crippen LogP contribution in [0, 0.1) is 0 Å². The summed E-state index contributed by atoms with van der Waals surface area (Å²) in [5.41, 5.74) is 1.79. The standard InChI is InChI=1S/C16H16N6OS/c23-15(19-16-21-20-14(24-16)12-6-7-12)18-13-8-17-22(10-13)9-11-4-2-1-3-5-11/h1-5,8,10,12H,6-7,9H2,(H2,18,19,21,23). The number of nitrogens with zero attached hydrogens (tertiary/aromatic N) is 4. The van der Waals surface area contributed by atoms with Crippen LogP contribution in [0.15, 0.2) is 42.7 Å². The van der Waals surface area contributed by atoms with Crippen LogP contribution in [0.4, 0.5) is 15.6 Å². The van der Waals surface area contributed by atoms with Gasteiger partial charge in [0.05, 0.1) is 18.4 Å². The summed E-state index contributed by atoms with van der Waals surface area (Å²) in [4.78, 5) is 12.0. The van der Waals surface area contributed by atoms with Crippen LogP contribution in [0.25, 0.3) is 0 Å². The molecule has 7 nitrogen and oxygen atoms in total. The Bertz CT molecular complexity index is 839. The minimum Gasteiger partial charge on any atom is -0.305 e. The Morgan fingerprint density at radius 2 is 2.04 bits per heavy atom. The van der Waals surface area contributed by atoms with Crippen molar-refractivity contribution in [1.29, 1.82) is 0 Å². The highest BCUT2D eigenvalue weighted by molar-refractivity contribution is 7.15. The van der Waals surface area contributed by atoms with Crippen LogP contribution in [-0.2, 0) is 6.54 Å². The number of anilines is 2. The largest absolute Gasteiger partial charge is 0.325 e. The molecule has 2 N–H and O–H groups in total. The van der Waals surface area contributed by atoms with Crippen LogP contribution in [0.2, 0.25) is 0 Å². The maximum Gasteiger partial charge on any atom is 0.325 e. The lowest BCUT2D eigenvalue weighted by molar-refractivity contribution is 0.262. The summed E-state index contributed by atoms with van der Waals surface area (Å²) < 4.78 is 1.78. The summed E-state index contributed by atoms with van der Waals surface area (Å²) in [7, 11) is 0. The van der Waals surface area contributed by atoms with Gasteiger partial charge >= 0.3 is 6.03 Å². The van der Waals surface area contributed by atoms with Crippen LogP contribution in [0.5, 0.6) is 0 Å². The fraction of sp³-hybridized carbons (Fsp3) is 0.250. The van der Waals surface area contributed by atoms with E-state index in [1.54, 1.807) is 17.1 Å². The molecule has 1 aliphatic rings. The van der Waals surface area contributed by atoms with Crippen molar-refractivity contribution in [2.75, 3.05) is 10.6 Å². The van der Waals surface area contributed by atoms with Crippen molar-refractivity contribution in [1.82, 2.24) is 20.0 Å².